The summed E-state index contributed by atoms with van der Waals surface area (Å²) in [6.45, 7) is 15.0. The van der Waals surface area contributed by atoms with E-state index in [1.807, 2.05) is 6.08 Å². The highest BCUT2D eigenvalue weighted by Gasteiger charge is 2.19. The molecule has 0 bridgehead atoms. The second kappa shape index (κ2) is 8.26. The average molecular weight is 226 g/mol. The van der Waals surface area contributed by atoms with Crippen LogP contribution in [0.5, 0.6) is 0 Å². The first kappa shape index (κ1) is 15.1. The molecule has 0 fully saturated rings. The van der Waals surface area contributed by atoms with Gasteiger partial charge in [0.1, 0.15) is 12.7 Å². The van der Waals surface area contributed by atoms with Crippen molar-refractivity contribution >= 4 is 0 Å². The Morgan fingerprint density at radius 3 is 2.12 bits per heavy atom. The summed E-state index contributed by atoms with van der Waals surface area (Å²) in [6, 6.07) is 0. The van der Waals surface area contributed by atoms with Crippen LogP contribution < -0.4 is 0 Å². The molecule has 94 valence electrons. The zero-order chi connectivity index (χ0) is 12.6. The van der Waals surface area contributed by atoms with Crippen LogP contribution in [0.15, 0.2) is 24.7 Å². The molecule has 0 rings (SSSR count). The van der Waals surface area contributed by atoms with Crippen LogP contribution in [-0.4, -0.2) is 12.7 Å². The SMILES string of the molecule is C=C(OC/C=C\CC)OC(C(C)C)C(C)C. The Hall–Kier alpha value is -0.920. The third kappa shape index (κ3) is 6.54. The Bertz CT molecular complexity index is 209. The summed E-state index contributed by atoms with van der Waals surface area (Å²) in [6.07, 6.45) is 5.24. The topological polar surface area (TPSA) is 18.5 Å². The second-order valence-electron chi connectivity index (χ2n) is 4.63. The minimum Gasteiger partial charge on any atom is -0.462 e. The van der Waals surface area contributed by atoms with E-state index in [1.165, 1.54) is 0 Å². The molecule has 0 aromatic carbocycles. The Morgan fingerprint density at radius 1 is 1.12 bits per heavy atom. The molecule has 16 heavy (non-hydrogen) atoms. The van der Waals surface area contributed by atoms with Crippen molar-refractivity contribution in [2.24, 2.45) is 11.8 Å². The van der Waals surface area contributed by atoms with Gasteiger partial charge in [-0.2, -0.15) is 0 Å². The van der Waals surface area contributed by atoms with Crippen molar-refractivity contribution in [1.82, 2.24) is 0 Å². The molecule has 0 radical (unpaired) electrons. The molecular weight excluding hydrogens is 200 g/mol. The quantitative estimate of drug-likeness (QED) is 0.457. The molecule has 0 aromatic rings. The lowest BCUT2D eigenvalue weighted by Crippen LogP contribution is -2.26. The summed E-state index contributed by atoms with van der Waals surface area (Å²) in [4.78, 5) is 0. The fourth-order valence-electron chi connectivity index (χ4n) is 1.60. The molecule has 0 heterocycles. The Morgan fingerprint density at radius 2 is 1.69 bits per heavy atom. The van der Waals surface area contributed by atoms with Crippen molar-refractivity contribution in [3.05, 3.63) is 24.7 Å². The summed E-state index contributed by atoms with van der Waals surface area (Å²) in [7, 11) is 0. The largest absolute Gasteiger partial charge is 0.462 e. The molecule has 0 aliphatic rings. The molecule has 0 N–H and O–H groups in total. The molecule has 0 aliphatic carbocycles. The summed E-state index contributed by atoms with van der Waals surface area (Å²) in [5, 5.41) is 0. The minimum absolute atomic E-state index is 0.169. The molecule has 0 atom stereocenters. The first-order chi connectivity index (χ1) is 7.49. The molecule has 0 unspecified atom stereocenters. The minimum atomic E-state index is 0.169. The number of ether oxygens (including phenoxy) is 2. The summed E-state index contributed by atoms with van der Waals surface area (Å²) in [5.41, 5.74) is 0. The lowest BCUT2D eigenvalue weighted by molar-refractivity contribution is -0.0382. The van der Waals surface area contributed by atoms with E-state index in [0.29, 0.717) is 24.4 Å². The van der Waals surface area contributed by atoms with Gasteiger partial charge in [0.15, 0.2) is 0 Å². The monoisotopic (exact) mass is 226 g/mol. The van der Waals surface area contributed by atoms with E-state index in [0.717, 1.165) is 6.42 Å². The maximum atomic E-state index is 5.70. The molecule has 0 saturated heterocycles. The van der Waals surface area contributed by atoms with Gasteiger partial charge in [0, 0.05) is 0 Å². The molecule has 0 spiro atoms. The molecule has 0 amide bonds. The lowest BCUT2D eigenvalue weighted by Gasteiger charge is -2.26. The van der Waals surface area contributed by atoms with Gasteiger partial charge in [-0.15, -0.1) is 0 Å². The van der Waals surface area contributed by atoms with Crippen LogP contribution in [0.4, 0.5) is 0 Å². The summed E-state index contributed by atoms with van der Waals surface area (Å²) in [5.74, 6) is 1.35. The van der Waals surface area contributed by atoms with Crippen molar-refractivity contribution in [3.63, 3.8) is 0 Å². The Labute approximate surface area is 100 Å². The predicted octanol–water partition coefficient (Wildman–Crippen LogP) is 4.14. The highest BCUT2D eigenvalue weighted by atomic mass is 16.7. The van der Waals surface area contributed by atoms with Crippen LogP contribution in [0.2, 0.25) is 0 Å². The standard InChI is InChI=1S/C14H26O2/c1-7-8-9-10-15-13(6)16-14(11(2)3)12(4)5/h8-9,11-12,14H,6-7,10H2,1-5H3/b9-8-. The smallest absolute Gasteiger partial charge is 0.272 e. The fraction of sp³-hybridized carbons (Fsp3) is 0.714. The van der Waals surface area contributed by atoms with Gasteiger partial charge in [-0.05, 0) is 24.8 Å². The van der Waals surface area contributed by atoms with Crippen LogP contribution in [0.1, 0.15) is 41.0 Å². The van der Waals surface area contributed by atoms with Crippen molar-refractivity contribution in [2.45, 2.75) is 47.1 Å². The number of rotatable bonds is 8. The zero-order valence-electron chi connectivity index (χ0n) is 11.3. The summed E-state index contributed by atoms with van der Waals surface area (Å²) < 4.78 is 11.1. The van der Waals surface area contributed by atoms with E-state index in [2.05, 4.69) is 47.3 Å². The third-order valence-corrected chi connectivity index (χ3v) is 2.32. The lowest BCUT2D eigenvalue weighted by atomic mass is 9.96. The molecule has 0 saturated carbocycles. The van der Waals surface area contributed by atoms with Gasteiger partial charge < -0.3 is 9.47 Å². The number of allylic oxidation sites excluding steroid dienone is 1. The van der Waals surface area contributed by atoms with Crippen LogP contribution >= 0.6 is 0 Å². The van der Waals surface area contributed by atoms with Crippen molar-refractivity contribution in [3.8, 4) is 0 Å². The van der Waals surface area contributed by atoms with Crippen molar-refractivity contribution in [2.75, 3.05) is 6.61 Å². The highest BCUT2D eigenvalue weighted by Crippen LogP contribution is 2.19. The zero-order valence-corrected chi connectivity index (χ0v) is 11.3. The molecule has 0 aliphatic heterocycles. The van der Waals surface area contributed by atoms with E-state index in [-0.39, 0.29) is 6.10 Å². The Balaban J connectivity index is 3.96. The van der Waals surface area contributed by atoms with Crippen LogP contribution in [0.3, 0.4) is 0 Å². The first-order valence-corrected chi connectivity index (χ1v) is 6.12. The van der Waals surface area contributed by atoms with Gasteiger partial charge in [-0.1, -0.05) is 46.8 Å². The number of hydrogen-bond acceptors (Lipinski definition) is 2. The second-order valence-corrected chi connectivity index (χ2v) is 4.63. The van der Waals surface area contributed by atoms with Crippen molar-refractivity contribution in [1.29, 1.82) is 0 Å². The fourth-order valence-corrected chi connectivity index (χ4v) is 1.60. The number of hydrogen-bond donors (Lipinski definition) is 0. The van der Waals surface area contributed by atoms with Crippen molar-refractivity contribution < 1.29 is 9.47 Å². The van der Waals surface area contributed by atoms with E-state index < -0.39 is 0 Å². The van der Waals surface area contributed by atoms with E-state index in [9.17, 15) is 0 Å². The normalized spacial score (nSPS) is 11.8. The van der Waals surface area contributed by atoms with E-state index >= 15 is 0 Å². The van der Waals surface area contributed by atoms with Gasteiger partial charge in [0.25, 0.3) is 5.95 Å². The third-order valence-electron chi connectivity index (χ3n) is 2.32. The van der Waals surface area contributed by atoms with Gasteiger partial charge in [-0.25, -0.2) is 0 Å². The predicted molar refractivity (Wildman–Crippen MR) is 69.1 cm³/mol. The van der Waals surface area contributed by atoms with Crippen LogP contribution in [0, 0.1) is 11.8 Å². The highest BCUT2D eigenvalue weighted by molar-refractivity contribution is 4.83. The van der Waals surface area contributed by atoms with Crippen LogP contribution in [0.25, 0.3) is 0 Å². The van der Waals surface area contributed by atoms with E-state index in [1.54, 1.807) is 0 Å². The van der Waals surface area contributed by atoms with Crippen LogP contribution in [-0.2, 0) is 9.47 Å². The Kier molecular flexibility index (Phi) is 7.78. The first-order valence-electron chi connectivity index (χ1n) is 6.12. The van der Waals surface area contributed by atoms with Gasteiger partial charge in [0.2, 0.25) is 0 Å². The molecule has 0 aromatic heterocycles. The maximum Gasteiger partial charge on any atom is 0.272 e. The van der Waals surface area contributed by atoms with Gasteiger partial charge >= 0.3 is 0 Å². The maximum absolute atomic E-state index is 5.70. The van der Waals surface area contributed by atoms with Gasteiger partial charge in [-0.3, -0.25) is 0 Å². The molecule has 2 nitrogen and oxygen atoms in total. The summed E-state index contributed by atoms with van der Waals surface area (Å²) >= 11 is 0. The molecular formula is C14H26O2. The van der Waals surface area contributed by atoms with Gasteiger partial charge in [0.05, 0.1) is 0 Å². The van der Waals surface area contributed by atoms with E-state index in [4.69, 9.17) is 9.47 Å². The molecule has 2 heteroatoms. The average Bonchev–Trinajstić information content (AvgIpc) is 2.20.